The summed E-state index contributed by atoms with van der Waals surface area (Å²) in [6.07, 6.45) is 4.23. The normalized spacial score (nSPS) is 19.9. The average Bonchev–Trinajstić information content (AvgIpc) is 2.89. The molecule has 0 aliphatic carbocycles. The number of hydrogen-bond donors (Lipinski definition) is 1. The lowest BCUT2D eigenvalue weighted by Gasteiger charge is -2.15. The first-order valence-corrected chi connectivity index (χ1v) is 5.51. The molecule has 2 rings (SSSR count). The molecule has 1 aromatic rings. The third-order valence-corrected chi connectivity index (χ3v) is 2.85. The van der Waals surface area contributed by atoms with E-state index < -0.39 is 11.9 Å². The first-order valence-electron chi connectivity index (χ1n) is 5.51. The molecule has 7 nitrogen and oxygen atoms in total. The van der Waals surface area contributed by atoms with Crippen LogP contribution in [0.5, 0.6) is 0 Å². The highest BCUT2D eigenvalue weighted by molar-refractivity contribution is 5.86. The molecule has 1 aliphatic rings. The van der Waals surface area contributed by atoms with Crippen LogP contribution in [0, 0.1) is 5.92 Å². The van der Waals surface area contributed by atoms with E-state index in [0.29, 0.717) is 19.6 Å². The van der Waals surface area contributed by atoms with Gasteiger partial charge in [0.2, 0.25) is 5.91 Å². The molecule has 1 aliphatic heterocycles. The molecule has 0 saturated carbocycles. The van der Waals surface area contributed by atoms with Gasteiger partial charge in [0.25, 0.3) is 0 Å². The summed E-state index contributed by atoms with van der Waals surface area (Å²) in [5.41, 5.74) is 0. The number of hydrogen-bond acceptors (Lipinski definition) is 4. The number of aryl methyl sites for hydroxylation is 1. The lowest BCUT2D eigenvalue weighted by atomic mass is 10.1. The fourth-order valence-corrected chi connectivity index (χ4v) is 1.93. The summed E-state index contributed by atoms with van der Waals surface area (Å²) in [7, 11) is 0. The number of amides is 1. The van der Waals surface area contributed by atoms with E-state index in [4.69, 9.17) is 5.11 Å². The second kappa shape index (κ2) is 4.94. The molecule has 92 valence electrons. The smallest absolute Gasteiger partial charge is 0.308 e. The number of carbonyl (C=O) groups is 2. The molecule has 0 aromatic carbocycles. The van der Waals surface area contributed by atoms with E-state index in [1.54, 1.807) is 22.0 Å². The first-order chi connectivity index (χ1) is 8.16. The van der Waals surface area contributed by atoms with Crippen LogP contribution < -0.4 is 0 Å². The SMILES string of the molecule is O=C(O)C1CC(=O)N(CCCn2ccnn2)C1. The molecule has 1 amide bonds. The molecular formula is C10H14N4O3. The number of aliphatic carboxylic acids is 1. The van der Waals surface area contributed by atoms with E-state index in [-0.39, 0.29) is 12.3 Å². The maximum Gasteiger partial charge on any atom is 0.308 e. The number of carbonyl (C=O) groups excluding carboxylic acids is 1. The van der Waals surface area contributed by atoms with E-state index >= 15 is 0 Å². The molecule has 2 heterocycles. The number of carboxylic acid groups (broad SMARTS) is 1. The lowest BCUT2D eigenvalue weighted by molar-refractivity contribution is -0.141. The quantitative estimate of drug-likeness (QED) is 0.754. The van der Waals surface area contributed by atoms with E-state index in [2.05, 4.69) is 10.3 Å². The van der Waals surface area contributed by atoms with E-state index in [0.717, 1.165) is 6.42 Å². The highest BCUT2D eigenvalue weighted by atomic mass is 16.4. The van der Waals surface area contributed by atoms with Crippen molar-refractivity contribution in [2.75, 3.05) is 13.1 Å². The van der Waals surface area contributed by atoms with Crippen molar-refractivity contribution in [1.29, 1.82) is 0 Å². The van der Waals surface area contributed by atoms with E-state index in [1.807, 2.05) is 0 Å². The van der Waals surface area contributed by atoms with Crippen LogP contribution in [0.4, 0.5) is 0 Å². The third-order valence-electron chi connectivity index (χ3n) is 2.85. The predicted octanol–water partition coefficient (Wildman–Crippen LogP) is -0.399. The predicted molar refractivity (Wildman–Crippen MR) is 57.0 cm³/mol. The Morgan fingerprint density at radius 1 is 1.53 bits per heavy atom. The summed E-state index contributed by atoms with van der Waals surface area (Å²) in [6, 6.07) is 0. The Morgan fingerprint density at radius 2 is 2.35 bits per heavy atom. The second-order valence-electron chi connectivity index (χ2n) is 4.10. The summed E-state index contributed by atoms with van der Waals surface area (Å²) >= 11 is 0. The Labute approximate surface area is 98.0 Å². The van der Waals surface area contributed by atoms with Gasteiger partial charge in [-0.25, -0.2) is 0 Å². The summed E-state index contributed by atoms with van der Waals surface area (Å²) in [4.78, 5) is 23.9. The van der Waals surface area contributed by atoms with Gasteiger partial charge < -0.3 is 10.0 Å². The van der Waals surface area contributed by atoms with Crippen molar-refractivity contribution in [2.24, 2.45) is 5.92 Å². The molecule has 1 saturated heterocycles. The highest BCUT2D eigenvalue weighted by Gasteiger charge is 2.33. The van der Waals surface area contributed by atoms with Crippen LogP contribution in [0.25, 0.3) is 0 Å². The van der Waals surface area contributed by atoms with E-state index in [9.17, 15) is 9.59 Å². The van der Waals surface area contributed by atoms with Crippen molar-refractivity contribution < 1.29 is 14.7 Å². The van der Waals surface area contributed by atoms with Gasteiger partial charge in [-0.3, -0.25) is 14.3 Å². The minimum absolute atomic E-state index is 0.0732. The van der Waals surface area contributed by atoms with Crippen LogP contribution in [0.2, 0.25) is 0 Å². The van der Waals surface area contributed by atoms with Crippen molar-refractivity contribution in [2.45, 2.75) is 19.4 Å². The molecule has 1 fully saturated rings. The Morgan fingerprint density at radius 3 is 2.94 bits per heavy atom. The van der Waals surface area contributed by atoms with Gasteiger partial charge in [0.15, 0.2) is 0 Å². The fourth-order valence-electron chi connectivity index (χ4n) is 1.93. The van der Waals surface area contributed by atoms with Crippen LogP contribution in [0.15, 0.2) is 12.4 Å². The molecule has 0 bridgehead atoms. The van der Waals surface area contributed by atoms with Crippen molar-refractivity contribution in [1.82, 2.24) is 19.9 Å². The van der Waals surface area contributed by atoms with Crippen molar-refractivity contribution in [3.8, 4) is 0 Å². The summed E-state index contributed by atoms with van der Waals surface area (Å²) in [5, 5.41) is 16.3. The van der Waals surface area contributed by atoms with Crippen molar-refractivity contribution >= 4 is 11.9 Å². The van der Waals surface area contributed by atoms with Gasteiger partial charge in [-0.2, -0.15) is 0 Å². The van der Waals surface area contributed by atoms with Gasteiger partial charge in [0, 0.05) is 32.3 Å². The van der Waals surface area contributed by atoms with Gasteiger partial charge in [0.1, 0.15) is 0 Å². The summed E-state index contributed by atoms with van der Waals surface area (Å²) < 4.78 is 1.69. The molecule has 1 atom stereocenters. The summed E-state index contributed by atoms with van der Waals surface area (Å²) in [5.74, 6) is -1.51. The maximum absolute atomic E-state index is 11.5. The Bertz CT molecular complexity index is 404. The molecule has 0 spiro atoms. The zero-order valence-corrected chi connectivity index (χ0v) is 9.32. The van der Waals surface area contributed by atoms with Crippen molar-refractivity contribution in [3.05, 3.63) is 12.4 Å². The van der Waals surface area contributed by atoms with Gasteiger partial charge in [0.05, 0.1) is 12.1 Å². The molecule has 0 radical (unpaired) electrons. The Balaban J connectivity index is 1.76. The molecule has 17 heavy (non-hydrogen) atoms. The summed E-state index contributed by atoms with van der Waals surface area (Å²) in [6.45, 7) is 1.58. The van der Waals surface area contributed by atoms with Crippen molar-refractivity contribution in [3.63, 3.8) is 0 Å². The minimum Gasteiger partial charge on any atom is -0.481 e. The number of likely N-dealkylation sites (tertiary alicyclic amines) is 1. The lowest BCUT2D eigenvalue weighted by Crippen LogP contribution is -2.28. The average molecular weight is 238 g/mol. The molecule has 7 heteroatoms. The van der Waals surface area contributed by atoms with Crippen LogP contribution in [0.3, 0.4) is 0 Å². The molecular weight excluding hydrogens is 224 g/mol. The first kappa shape index (κ1) is 11.6. The highest BCUT2D eigenvalue weighted by Crippen LogP contribution is 2.17. The van der Waals surface area contributed by atoms with Gasteiger partial charge in [-0.05, 0) is 6.42 Å². The monoisotopic (exact) mass is 238 g/mol. The minimum atomic E-state index is -0.892. The van der Waals surface area contributed by atoms with Gasteiger partial charge in [-0.15, -0.1) is 5.10 Å². The fraction of sp³-hybridized carbons (Fsp3) is 0.600. The number of nitrogens with zero attached hydrogens (tertiary/aromatic N) is 4. The topological polar surface area (TPSA) is 88.3 Å². The maximum atomic E-state index is 11.5. The number of rotatable bonds is 5. The number of aromatic nitrogens is 3. The Hall–Kier alpha value is -1.92. The van der Waals surface area contributed by atoms with E-state index in [1.165, 1.54) is 0 Å². The standard InChI is InChI=1S/C10H14N4O3/c15-9-6-8(10(16)17)7-13(9)3-1-4-14-5-2-11-12-14/h2,5,8H,1,3-4,6-7H2,(H,16,17). The second-order valence-corrected chi connectivity index (χ2v) is 4.10. The van der Waals surface area contributed by atoms with Gasteiger partial charge >= 0.3 is 5.97 Å². The molecule has 1 unspecified atom stereocenters. The largest absolute Gasteiger partial charge is 0.481 e. The van der Waals surface area contributed by atoms with Gasteiger partial charge in [-0.1, -0.05) is 5.21 Å². The van der Waals surface area contributed by atoms with Crippen LogP contribution in [-0.4, -0.2) is 50.0 Å². The molecule has 1 N–H and O–H groups in total. The van der Waals surface area contributed by atoms with Crippen LogP contribution >= 0.6 is 0 Å². The van der Waals surface area contributed by atoms with Crippen LogP contribution in [-0.2, 0) is 16.1 Å². The third kappa shape index (κ3) is 2.80. The molecule has 1 aromatic heterocycles. The van der Waals surface area contributed by atoms with Crippen LogP contribution in [0.1, 0.15) is 12.8 Å². The Kier molecular flexibility index (Phi) is 3.36. The number of carboxylic acids is 1. The zero-order valence-electron chi connectivity index (χ0n) is 9.32. The zero-order chi connectivity index (χ0) is 12.3.